The monoisotopic (exact) mass is 295 g/mol. The number of aryl methyl sites for hydroxylation is 1. The highest BCUT2D eigenvalue weighted by molar-refractivity contribution is 7.99. The summed E-state index contributed by atoms with van der Waals surface area (Å²) in [4.78, 5) is 11.7. The van der Waals surface area contributed by atoms with Crippen LogP contribution in [-0.2, 0) is 6.42 Å². The second kappa shape index (κ2) is 6.57. The maximum Gasteiger partial charge on any atom is 0.224 e. The van der Waals surface area contributed by atoms with E-state index in [1.54, 1.807) is 11.3 Å². The van der Waals surface area contributed by atoms with Gasteiger partial charge < -0.3 is 5.32 Å². The quantitative estimate of drug-likeness (QED) is 0.632. The van der Waals surface area contributed by atoms with Crippen LogP contribution < -0.4 is 5.32 Å². The molecule has 0 radical (unpaired) electrons. The molecular formula is C14H21N3S2. The molecule has 2 aromatic heterocycles. The van der Waals surface area contributed by atoms with E-state index >= 15 is 0 Å². The molecule has 0 amide bonds. The molecule has 2 aromatic rings. The van der Waals surface area contributed by atoms with Crippen molar-refractivity contribution in [1.82, 2.24) is 9.97 Å². The molecule has 1 N–H and O–H groups in total. The van der Waals surface area contributed by atoms with Crippen LogP contribution >= 0.6 is 23.1 Å². The number of thiophene rings is 1. The van der Waals surface area contributed by atoms with Crippen molar-refractivity contribution >= 4 is 39.3 Å². The van der Waals surface area contributed by atoms with Crippen LogP contribution in [0.25, 0.3) is 10.2 Å². The number of hydrogen-bond acceptors (Lipinski definition) is 5. The van der Waals surface area contributed by atoms with E-state index in [4.69, 9.17) is 0 Å². The van der Waals surface area contributed by atoms with E-state index in [0.29, 0.717) is 0 Å². The molecular weight excluding hydrogens is 274 g/mol. The molecule has 2 heterocycles. The number of rotatable bonds is 6. The summed E-state index contributed by atoms with van der Waals surface area (Å²) < 4.78 is 0. The Kier molecular flexibility index (Phi) is 5.05. The molecule has 1 atom stereocenters. The molecule has 1 unspecified atom stereocenters. The lowest BCUT2D eigenvalue weighted by molar-refractivity contribution is 0.636. The van der Waals surface area contributed by atoms with E-state index in [9.17, 15) is 0 Å². The van der Waals surface area contributed by atoms with E-state index in [1.807, 2.05) is 18.8 Å². The van der Waals surface area contributed by atoms with E-state index in [1.165, 1.54) is 16.7 Å². The predicted molar refractivity (Wildman–Crippen MR) is 86.5 cm³/mol. The SMILES string of the molecule is CCc1cc2c(SCC(C)CC)nc(NC)nc2s1. The fourth-order valence-electron chi connectivity index (χ4n) is 1.68. The van der Waals surface area contributed by atoms with Crippen LogP contribution in [0.1, 0.15) is 32.1 Å². The molecule has 104 valence electrons. The molecule has 0 aromatic carbocycles. The third kappa shape index (κ3) is 3.39. The molecule has 0 saturated carbocycles. The molecule has 0 aliphatic rings. The summed E-state index contributed by atoms with van der Waals surface area (Å²) in [6.45, 7) is 6.71. The molecule has 0 saturated heterocycles. The first-order chi connectivity index (χ1) is 9.17. The summed E-state index contributed by atoms with van der Waals surface area (Å²) in [5.74, 6) is 2.56. The van der Waals surface area contributed by atoms with Gasteiger partial charge in [0.25, 0.3) is 0 Å². The van der Waals surface area contributed by atoms with Gasteiger partial charge in [0.1, 0.15) is 9.86 Å². The van der Waals surface area contributed by atoms with Crippen molar-refractivity contribution in [2.24, 2.45) is 5.92 Å². The van der Waals surface area contributed by atoms with Crippen molar-refractivity contribution in [3.05, 3.63) is 10.9 Å². The van der Waals surface area contributed by atoms with Crippen molar-refractivity contribution < 1.29 is 0 Å². The van der Waals surface area contributed by atoms with Gasteiger partial charge in [-0.1, -0.05) is 27.2 Å². The Morgan fingerprint density at radius 1 is 1.37 bits per heavy atom. The topological polar surface area (TPSA) is 37.8 Å². The van der Waals surface area contributed by atoms with Crippen LogP contribution in [0.15, 0.2) is 11.1 Å². The van der Waals surface area contributed by atoms with E-state index in [0.717, 1.165) is 33.9 Å². The molecule has 2 rings (SSSR count). The Hall–Kier alpha value is -0.810. The van der Waals surface area contributed by atoms with Crippen LogP contribution in [-0.4, -0.2) is 22.8 Å². The standard InChI is InChI=1S/C14H21N3S2/c1-5-9(3)8-18-12-11-7-10(6-2)19-13(11)17-14(15-4)16-12/h7,9H,5-6,8H2,1-4H3,(H,15,16,17). The number of fused-ring (bicyclic) bond motifs is 1. The number of nitrogens with zero attached hydrogens (tertiary/aromatic N) is 2. The molecule has 5 heteroatoms. The summed E-state index contributed by atoms with van der Waals surface area (Å²) in [6, 6.07) is 2.25. The zero-order chi connectivity index (χ0) is 13.8. The van der Waals surface area contributed by atoms with Gasteiger partial charge in [-0.15, -0.1) is 23.1 Å². The van der Waals surface area contributed by atoms with Crippen LogP contribution in [0.2, 0.25) is 0 Å². The molecule has 0 spiro atoms. The van der Waals surface area contributed by atoms with Crippen LogP contribution in [0.3, 0.4) is 0 Å². The van der Waals surface area contributed by atoms with Crippen molar-refractivity contribution in [3.8, 4) is 0 Å². The third-order valence-electron chi connectivity index (χ3n) is 3.18. The van der Waals surface area contributed by atoms with Crippen molar-refractivity contribution in [1.29, 1.82) is 0 Å². The van der Waals surface area contributed by atoms with Crippen molar-refractivity contribution in [3.63, 3.8) is 0 Å². The third-order valence-corrected chi connectivity index (χ3v) is 5.68. The lowest BCUT2D eigenvalue weighted by atomic mass is 10.2. The van der Waals surface area contributed by atoms with Gasteiger partial charge in [0.05, 0.1) is 0 Å². The fraction of sp³-hybridized carbons (Fsp3) is 0.571. The van der Waals surface area contributed by atoms with Gasteiger partial charge in [0.15, 0.2) is 0 Å². The number of thioether (sulfide) groups is 1. The van der Waals surface area contributed by atoms with E-state index in [-0.39, 0.29) is 0 Å². The molecule has 3 nitrogen and oxygen atoms in total. The number of nitrogens with one attached hydrogen (secondary N) is 1. The Morgan fingerprint density at radius 2 is 2.16 bits per heavy atom. The van der Waals surface area contributed by atoms with Crippen LogP contribution in [0.4, 0.5) is 5.95 Å². The van der Waals surface area contributed by atoms with E-state index in [2.05, 4.69) is 42.1 Å². The molecule has 0 bridgehead atoms. The lowest BCUT2D eigenvalue weighted by Gasteiger charge is -2.08. The van der Waals surface area contributed by atoms with Gasteiger partial charge in [0, 0.05) is 23.1 Å². The van der Waals surface area contributed by atoms with Gasteiger partial charge in [-0.2, -0.15) is 0 Å². The van der Waals surface area contributed by atoms with Gasteiger partial charge in [-0.05, 0) is 18.4 Å². The van der Waals surface area contributed by atoms with Crippen molar-refractivity contribution in [2.45, 2.75) is 38.6 Å². The average molecular weight is 295 g/mol. The smallest absolute Gasteiger partial charge is 0.224 e. The van der Waals surface area contributed by atoms with Crippen LogP contribution in [0.5, 0.6) is 0 Å². The minimum absolute atomic E-state index is 0.720. The first-order valence-electron chi connectivity index (χ1n) is 6.78. The van der Waals surface area contributed by atoms with Gasteiger partial charge >= 0.3 is 0 Å². The first-order valence-corrected chi connectivity index (χ1v) is 8.59. The highest BCUT2D eigenvalue weighted by Gasteiger charge is 2.12. The summed E-state index contributed by atoms with van der Waals surface area (Å²) in [6.07, 6.45) is 2.27. The number of hydrogen-bond donors (Lipinski definition) is 1. The summed E-state index contributed by atoms with van der Waals surface area (Å²) in [5, 5.41) is 5.39. The minimum Gasteiger partial charge on any atom is -0.357 e. The Balaban J connectivity index is 2.35. The largest absolute Gasteiger partial charge is 0.357 e. The molecule has 0 aliphatic heterocycles. The minimum atomic E-state index is 0.720. The first kappa shape index (κ1) is 14.6. The van der Waals surface area contributed by atoms with Crippen LogP contribution in [0, 0.1) is 5.92 Å². The highest BCUT2D eigenvalue weighted by Crippen LogP contribution is 2.33. The highest BCUT2D eigenvalue weighted by atomic mass is 32.2. The van der Waals surface area contributed by atoms with E-state index < -0.39 is 0 Å². The van der Waals surface area contributed by atoms with Gasteiger partial charge in [-0.25, -0.2) is 9.97 Å². The maximum absolute atomic E-state index is 4.62. The second-order valence-electron chi connectivity index (χ2n) is 4.71. The van der Waals surface area contributed by atoms with Crippen molar-refractivity contribution in [2.75, 3.05) is 18.1 Å². The predicted octanol–water partition coefficient (Wildman–Crippen LogP) is 4.43. The average Bonchev–Trinajstić information content (AvgIpc) is 2.86. The van der Waals surface area contributed by atoms with Gasteiger partial charge in [-0.3, -0.25) is 0 Å². The normalized spacial score (nSPS) is 12.8. The Labute approximate surface area is 123 Å². The molecule has 19 heavy (non-hydrogen) atoms. The Morgan fingerprint density at radius 3 is 2.79 bits per heavy atom. The second-order valence-corrected chi connectivity index (χ2v) is 6.84. The van der Waals surface area contributed by atoms with Gasteiger partial charge in [0.2, 0.25) is 5.95 Å². The fourth-order valence-corrected chi connectivity index (χ4v) is 3.85. The summed E-state index contributed by atoms with van der Waals surface area (Å²) >= 11 is 3.63. The lowest BCUT2D eigenvalue weighted by Crippen LogP contribution is -1.99. The molecule has 0 fully saturated rings. The zero-order valence-corrected chi connectivity index (χ0v) is 13.6. The Bertz CT molecular complexity index is 551. The summed E-state index contributed by atoms with van der Waals surface area (Å²) in [7, 11) is 1.87. The number of aromatic nitrogens is 2. The maximum atomic E-state index is 4.62. The number of anilines is 1. The molecule has 0 aliphatic carbocycles. The summed E-state index contributed by atoms with van der Waals surface area (Å²) in [5.41, 5.74) is 0. The zero-order valence-electron chi connectivity index (χ0n) is 12.0.